The molecule has 1 aromatic heterocycles. The standard InChI is InChI=1S/C15H12N2O2S/c16-10-11-3-1-4-12(9-11)17-15(19)7-6-13(18)14-5-2-8-20-14/h1-5,8-9H,6-7H2,(H,17,19). The van der Waals surface area contributed by atoms with Crippen LogP contribution in [0.1, 0.15) is 28.1 Å². The van der Waals surface area contributed by atoms with Crippen LogP contribution in [0.5, 0.6) is 0 Å². The van der Waals surface area contributed by atoms with Gasteiger partial charge in [0.15, 0.2) is 5.78 Å². The SMILES string of the molecule is N#Cc1cccc(NC(=O)CCC(=O)c2cccs2)c1. The maximum atomic E-state index is 11.8. The molecule has 0 saturated carbocycles. The van der Waals surface area contributed by atoms with Crippen LogP contribution in [0.15, 0.2) is 41.8 Å². The molecule has 1 N–H and O–H groups in total. The lowest BCUT2D eigenvalue weighted by Crippen LogP contribution is -2.13. The average molecular weight is 284 g/mol. The highest BCUT2D eigenvalue weighted by atomic mass is 32.1. The summed E-state index contributed by atoms with van der Waals surface area (Å²) in [6.07, 6.45) is 0.317. The minimum Gasteiger partial charge on any atom is -0.326 e. The first kappa shape index (κ1) is 14.0. The van der Waals surface area contributed by atoms with E-state index in [0.717, 1.165) is 0 Å². The summed E-state index contributed by atoms with van der Waals surface area (Å²) in [6.45, 7) is 0. The number of hydrogen-bond acceptors (Lipinski definition) is 4. The van der Waals surface area contributed by atoms with E-state index in [1.54, 1.807) is 30.3 Å². The second kappa shape index (κ2) is 6.64. The monoisotopic (exact) mass is 284 g/mol. The van der Waals surface area contributed by atoms with Crippen LogP contribution in [-0.2, 0) is 4.79 Å². The van der Waals surface area contributed by atoms with E-state index in [1.807, 2.05) is 17.5 Å². The first-order chi connectivity index (χ1) is 9.69. The lowest BCUT2D eigenvalue weighted by Gasteiger charge is -2.04. The van der Waals surface area contributed by atoms with Gasteiger partial charge in [0.05, 0.1) is 16.5 Å². The van der Waals surface area contributed by atoms with Gasteiger partial charge in [-0.1, -0.05) is 12.1 Å². The Morgan fingerprint density at radius 2 is 2.05 bits per heavy atom. The highest BCUT2D eigenvalue weighted by Crippen LogP contribution is 2.14. The largest absolute Gasteiger partial charge is 0.326 e. The maximum Gasteiger partial charge on any atom is 0.224 e. The molecule has 2 rings (SSSR count). The fraction of sp³-hybridized carbons (Fsp3) is 0.133. The summed E-state index contributed by atoms with van der Waals surface area (Å²) in [7, 11) is 0. The first-order valence-corrected chi connectivity index (χ1v) is 6.94. The molecular weight excluding hydrogens is 272 g/mol. The number of nitrogens with zero attached hydrogens (tertiary/aromatic N) is 1. The zero-order valence-electron chi connectivity index (χ0n) is 10.6. The molecule has 5 heteroatoms. The third-order valence-electron chi connectivity index (χ3n) is 2.65. The van der Waals surface area contributed by atoms with Gasteiger partial charge in [0.2, 0.25) is 5.91 Å². The number of hydrogen-bond donors (Lipinski definition) is 1. The van der Waals surface area contributed by atoms with Crippen molar-refractivity contribution in [2.45, 2.75) is 12.8 Å². The number of benzene rings is 1. The van der Waals surface area contributed by atoms with E-state index in [0.29, 0.717) is 16.1 Å². The van der Waals surface area contributed by atoms with E-state index in [2.05, 4.69) is 5.32 Å². The van der Waals surface area contributed by atoms with Crippen molar-refractivity contribution in [1.82, 2.24) is 0 Å². The maximum absolute atomic E-state index is 11.8. The normalized spacial score (nSPS) is 9.75. The van der Waals surface area contributed by atoms with Gasteiger partial charge in [0, 0.05) is 18.5 Å². The number of carbonyl (C=O) groups is 2. The van der Waals surface area contributed by atoms with E-state index < -0.39 is 0 Å². The third kappa shape index (κ3) is 3.77. The molecule has 0 unspecified atom stereocenters. The summed E-state index contributed by atoms with van der Waals surface area (Å²) in [5.74, 6) is -0.258. The van der Waals surface area contributed by atoms with Gasteiger partial charge in [-0.3, -0.25) is 9.59 Å². The topological polar surface area (TPSA) is 70.0 Å². The first-order valence-electron chi connectivity index (χ1n) is 6.06. The molecule has 1 amide bonds. The van der Waals surface area contributed by atoms with Crippen molar-refractivity contribution in [3.8, 4) is 6.07 Å². The molecule has 4 nitrogen and oxygen atoms in total. The number of carbonyl (C=O) groups excluding carboxylic acids is 2. The fourth-order valence-electron chi connectivity index (χ4n) is 1.68. The van der Waals surface area contributed by atoms with E-state index in [1.165, 1.54) is 11.3 Å². The van der Waals surface area contributed by atoms with Crippen molar-refractivity contribution in [1.29, 1.82) is 5.26 Å². The summed E-state index contributed by atoms with van der Waals surface area (Å²) < 4.78 is 0. The quantitative estimate of drug-likeness (QED) is 0.857. The molecule has 0 aliphatic rings. The Balaban J connectivity index is 1.86. The zero-order chi connectivity index (χ0) is 14.4. The number of amides is 1. The number of rotatable bonds is 5. The second-order valence-electron chi connectivity index (χ2n) is 4.14. The number of ketones is 1. The van der Waals surface area contributed by atoms with Crippen LogP contribution in [-0.4, -0.2) is 11.7 Å². The molecule has 100 valence electrons. The van der Waals surface area contributed by atoms with Crippen LogP contribution >= 0.6 is 11.3 Å². The highest BCUT2D eigenvalue weighted by Gasteiger charge is 2.10. The Morgan fingerprint density at radius 3 is 2.75 bits per heavy atom. The number of nitriles is 1. The summed E-state index contributed by atoms with van der Waals surface area (Å²) >= 11 is 1.37. The summed E-state index contributed by atoms with van der Waals surface area (Å²) in [5.41, 5.74) is 1.05. The van der Waals surface area contributed by atoms with Crippen molar-refractivity contribution in [3.63, 3.8) is 0 Å². The molecule has 0 bridgehead atoms. The molecule has 1 heterocycles. The van der Waals surface area contributed by atoms with Crippen molar-refractivity contribution >= 4 is 28.7 Å². The predicted molar refractivity (Wildman–Crippen MR) is 77.7 cm³/mol. The Labute approximate surface area is 120 Å². The zero-order valence-corrected chi connectivity index (χ0v) is 11.4. The molecule has 1 aromatic carbocycles. The van der Waals surface area contributed by atoms with Gasteiger partial charge in [-0.15, -0.1) is 11.3 Å². The molecule has 20 heavy (non-hydrogen) atoms. The van der Waals surface area contributed by atoms with E-state index in [9.17, 15) is 9.59 Å². The van der Waals surface area contributed by atoms with E-state index in [-0.39, 0.29) is 24.5 Å². The summed E-state index contributed by atoms with van der Waals surface area (Å²) in [6, 6.07) is 12.2. The third-order valence-corrected chi connectivity index (χ3v) is 3.56. The van der Waals surface area contributed by atoms with Crippen LogP contribution < -0.4 is 5.32 Å². The molecule has 0 fully saturated rings. The van der Waals surface area contributed by atoms with Crippen LogP contribution in [0, 0.1) is 11.3 Å². The van der Waals surface area contributed by atoms with Crippen molar-refractivity contribution in [3.05, 3.63) is 52.2 Å². The van der Waals surface area contributed by atoms with Gasteiger partial charge in [-0.05, 0) is 29.6 Å². The summed E-state index contributed by atoms with van der Waals surface area (Å²) in [5, 5.41) is 13.3. The van der Waals surface area contributed by atoms with E-state index >= 15 is 0 Å². The number of nitrogens with one attached hydrogen (secondary N) is 1. The van der Waals surface area contributed by atoms with Gasteiger partial charge in [0.25, 0.3) is 0 Å². The molecule has 0 atom stereocenters. The minimum atomic E-state index is -0.231. The van der Waals surface area contributed by atoms with Crippen molar-refractivity contribution in [2.24, 2.45) is 0 Å². The van der Waals surface area contributed by atoms with Gasteiger partial charge in [-0.2, -0.15) is 5.26 Å². The van der Waals surface area contributed by atoms with E-state index in [4.69, 9.17) is 5.26 Å². The molecule has 0 saturated heterocycles. The lowest BCUT2D eigenvalue weighted by molar-refractivity contribution is -0.116. The van der Waals surface area contributed by atoms with Gasteiger partial charge in [-0.25, -0.2) is 0 Å². The van der Waals surface area contributed by atoms with Crippen LogP contribution in [0.4, 0.5) is 5.69 Å². The Hall–Kier alpha value is -2.45. The molecule has 0 aliphatic carbocycles. The van der Waals surface area contributed by atoms with Gasteiger partial charge >= 0.3 is 0 Å². The Kier molecular flexibility index (Phi) is 4.64. The number of thiophene rings is 1. The van der Waals surface area contributed by atoms with Gasteiger partial charge < -0.3 is 5.32 Å². The van der Waals surface area contributed by atoms with Gasteiger partial charge in [0.1, 0.15) is 0 Å². The fourth-order valence-corrected chi connectivity index (χ4v) is 2.37. The number of anilines is 1. The lowest BCUT2D eigenvalue weighted by atomic mass is 10.1. The predicted octanol–water partition coefficient (Wildman–Crippen LogP) is 3.22. The average Bonchev–Trinajstić information content (AvgIpc) is 2.99. The molecule has 2 aromatic rings. The second-order valence-corrected chi connectivity index (χ2v) is 5.09. The van der Waals surface area contributed by atoms with Crippen LogP contribution in [0.3, 0.4) is 0 Å². The van der Waals surface area contributed by atoms with Crippen LogP contribution in [0.2, 0.25) is 0 Å². The molecular formula is C15H12N2O2S. The van der Waals surface area contributed by atoms with Crippen molar-refractivity contribution < 1.29 is 9.59 Å². The Bertz CT molecular complexity index is 657. The molecule has 0 aliphatic heterocycles. The van der Waals surface area contributed by atoms with Crippen molar-refractivity contribution in [2.75, 3.05) is 5.32 Å². The Morgan fingerprint density at radius 1 is 1.20 bits per heavy atom. The molecule has 0 radical (unpaired) electrons. The summed E-state index contributed by atoms with van der Waals surface area (Å²) in [4.78, 5) is 24.2. The smallest absolute Gasteiger partial charge is 0.224 e. The van der Waals surface area contributed by atoms with Crippen LogP contribution in [0.25, 0.3) is 0 Å². The highest BCUT2D eigenvalue weighted by molar-refractivity contribution is 7.12. The number of Topliss-reactive ketones (excluding diaryl/α,β-unsaturated/α-hetero) is 1. The molecule has 0 spiro atoms. The minimum absolute atomic E-state index is 0.0269.